The monoisotopic (exact) mass is 383 g/mol. The van der Waals surface area contributed by atoms with E-state index in [2.05, 4.69) is 10.6 Å². The summed E-state index contributed by atoms with van der Waals surface area (Å²) in [6, 6.07) is 6.17. The number of hydrogen-bond acceptors (Lipinski definition) is 4. The summed E-state index contributed by atoms with van der Waals surface area (Å²) < 4.78 is 0. The van der Waals surface area contributed by atoms with Crippen LogP contribution in [0.5, 0.6) is 0 Å². The van der Waals surface area contributed by atoms with Crippen molar-refractivity contribution in [3.63, 3.8) is 0 Å². The summed E-state index contributed by atoms with van der Waals surface area (Å²) in [7, 11) is 0. The highest BCUT2D eigenvalue weighted by atomic mass is 16.2. The van der Waals surface area contributed by atoms with Crippen LogP contribution < -0.4 is 10.6 Å². The Kier molecular flexibility index (Phi) is 4.48. The number of piperidine rings is 1. The fourth-order valence-corrected chi connectivity index (χ4v) is 4.69. The van der Waals surface area contributed by atoms with Crippen LogP contribution in [0.1, 0.15) is 43.5 Å². The van der Waals surface area contributed by atoms with Crippen LogP contribution in [0, 0.1) is 17.3 Å². The fraction of sp³-hybridized carbons (Fsp3) is 0.524. The number of carbonyl (C=O) groups excluding carboxylic acids is 4. The highest BCUT2D eigenvalue weighted by Gasteiger charge is 2.73. The number of benzene rings is 1. The van der Waals surface area contributed by atoms with E-state index in [-0.39, 0.29) is 17.6 Å². The normalized spacial score (nSPS) is 29.7. The van der Waals surface area contributed by atoms with Gasteiger partial charge in [0.15, 0.2) is 5.78 Å². The highest BCUT2D eigenvalue weighted by molar-refractivity contribution is 6.19. The van der Waals surface area contributed by atoms with Crippen molar-refractivity contribution in [2.45, 2.75) is 39.2 Å². The molecule has 0 radical (unpaired) electrons. The van der Waals surface area contributed by atoms with Crippen molar-refractivity contribution >= 4 is 29.2 Å². The number of ketones is 1. The summed E-state index contributed by atoms with van der Waals surface area (Å²) in [5, 5.41) is 5.51. The number of carbonyl (C=O) groups is 4. The van der Waals surface area contributed by atoms with E-state index >= 15 is 0 Å². The topological polar surface area (TPSA) is 95.6 Å². The van der Waals surface area contributed by atoms with Crippen molar-refractivity contribution < 1.29 is 19.2 Å². The smallest absolute Gasteiger partial charge is 0.244 e. The lowest BCUT2D eigenvalue weighted by Crippen LogP contribution is -2.49. The lowest BCUT2D eigenvalue weighted by Gasteiger charge is -2.29. The third kappa shape index (κ3) is 2.80. The van der Waals surface area contributed by atoms with E-state index in [9.17, 15) is 19.2 Å². The maximum Gasteiger partial charge on any atom is 0.244 e. The van der Waals surface area contributed by atoms with Crippen molar-refractivity contribution in [3.05, 3.63) is 29.8 Å². The Morgan fingerprint density at radius 3 is 2.57 bits per heavy atom. The molecule has 28 heavy (non-hydrogen) atoms. The Balaban J connectivity index is 1.50. The lowest BCUT2D eigenvalue weighted by atomic mass is 9.92. The van der Waals surface area contributed by atoms with Gasteiger partial charge in [-0.3, -0.25) is 19.2 Å². The molecule has 148 valence electrons. The maximum absolute atomic E-state index is 13.1. The van der Waals surface area contributed by atoms with Crippen LogP contribution >= 0.6 is 0 Å². The van der Waals surface area contributed by atoms with Crippen LogP contribution in [0.2, 0.25) is 0 Å². The number of Topliss-reactive ketones (excluding diaryl/α,β-unsaturated/α-hetero) is 1. The number of nitrogens with zero attached hydrogens (tertiary/aromatic N) is 1. The molecular weight excluding hydrogens is 358 g/mol. The van der Waals surface area contributed by atoms with Crippen LogP contribution in [0.3, 0.4) is 0 Å². The molecular formula is C21H25N3O4. The first-order valence-corrected chi connectivity index (χ1v) is 9.89. The van der Waals surface area contributed by atoms with Gasteiger partial charge in [-0.25, -0.2) is 0 Å². The zero-order chi connectivity index (χ0) is 20.1. The molecule has 1 aromatic rings. The van der Waals surface area contributed by atoms with Gasteiger partial charge in [0.2, 0.25) is 17.7 Å². The molecule has 1 saturated heterocycles. The van der Waals surface area contributed by atoms with Crippen molar-refractivity contribution in [2.75, 3.05) is 18.4 Å². The van der Waals surface area contributed by atoms with E-state index in [0.29, 0.717) is 24.3 Å². The molecule has 3 amide bonds. The van der Waals surface area contributed by atoms with Crippen molar-refractivity contribution in [1.82, 2.24) is 10.2 Å². The Hall–Kier alpha value is -2.70. The lowest BCUT2D eigenvalue weighted by molar-refractivity contribution is -0.137. The molecule has 7 heteroatoms. The van der Waals surface area contributed by atoms with Crippen molar-refractivity contribution in [2.24, 2.45) is 17.3 Å². The molecule has 0 aromatic heterocycles. The average Bonchev–Trinajstić information content (AvgIpc) is 3.36. The summed E-state index contributed by atoms with van der Waals surface area (Å²) in [5.74, 6) is -2.53. The summed E-state index contributed by atoms with van der Waals surface area (Å²) in [4.78, 5) is 52.9. The van der Waals surface area contributed by atoms with E-state index in [0.717, 1.165) is 19.3 Å². The summed E-state index contributed by atoms with van der Waals surface area (Å²) in [6.45, 7) is 4.75. The summed E-state index contributed by atoms with van der Waals surface area (Å²) in [6.07, 6.45) is 3.07. The number of fused-ring (bicyclic) bond motifs is 2. The Labute approximate surface area is 163 Å². The second-order valence-corrected chi connectivity index (χ2v) is 8.22. The molecule has 1 saturated carbocycles. The minimum Gasteiger partial charge on any atom is -0.344 e. The molecule has 0 unspecified atom stereocenters. The number of nitrogens with one attached hydrogen (secondary N) is 2. The third-order valence-corrected chi connectivity index (χ3v) is 6.40. The summed E-state index contributed by atoms with van der Waals surface area (Å²) in [5.41, 5.74) is -0.165. The first-order chi connectivity index (χ1) is 13.4. The third-order valence-electron chi connectivity index (χ3n) is 6.40. The molecule has 2 heterocycles. The molecule has 2 fully saturated rings. The quantitative estimate of drug-likeness (QED) is 0.829. The molecule has 2 N–H and O–H groups in total. The van der Waals surface area contributed by atoms with Gasteiger partial charge >= 0.3 is 0 Å². The Morgan fingerprint density at radius 2 is 1.86 bits per heavy atom. The first kappa shape index (κ1) is 18.7. The van der Waals surface area contributed by atoms with Gasteiger partial charge in [0.25, 0.3) is 0 Å². The zero-order valence-corrected chi connectivity index (χ0v) is 16.2. The van der Waals surface area contributed by atoms with Gasteiger partial charge in [0, 0.05) is 18.7 Å². The van der Waals surface area contributed by atoms with Crippen LogP contribution in [0.25, 0.3) is 0 Å². The molecule has 1 aromatic carbocycles. The SMILES string of the molecule is C[C@H](NC(=O)[C@@H]1[C@@H]2C(=O)Nc3ccccc3C(=O)[C@]12C)C(=O)N1CCCCC1. The Morgan fingerprint density at radius 1 is 1.18 bits per heavy atom. The number of para-hydroxylation sites is 1. The molecule has 4 atom stereocenters. The second kappa shape index (κ2) is 6.72. The average molecular weight is 383 g/mol. The minimum absolute atomic E-state index is 0.111. The van der Waals surface area contributed by atoms with Gasteiger partial charge in [0.05, 0.1) is 22.9 Å². The number of rotatable bonds is 3. The number of likely N-dealkylation sites (tertiary alicyclic amines) is 1. The van der Waals surface area contributed by atoms with Crippen LogP contribution in [0.15, 0.2) is 24.3 Å². The van der Waals surface area contributed by atoms with Crippen LogP contribution in [-0.4, -0.2) is 47.5 Å². The minimum atomic E-state index is -1.07. The van der Waals surface area contributed by atoms with E-state index < -0.39 is 29.2 Å². The molecule has 0 spiro atoms. The van der Waals surface area contributed by atoms with Gasteiger partial charge in [0.1, 0.15) is 6.04 Å². The molecule has 2 aliphatic heterocycles. The zero-order valence-electron chi connectivity index (χ0n) is 16.2. The molecule has 1 aliphatic carbocycles. The van der Waals surface area contributed by atoms with E-state index in [1.165, 1.54) is 0 Å². The second-order valence-electron chi connectivity index (χ2n) is 8.22. The maximum atomic E-state index is 13.1. The van der Waals surface area contributed by atoms with Gasteiger partial charge in [-0.2, -0.15) is 0 Å². The molecule has 0 bridgehead atoms. The highest BCUT2D eigenvalue weighted by Crippen LogP contribution is 2.62. The predicted octanol–water partition coefficient (Wildman–Crippen LogP) is 1.59. The van der Waals surface area contributed by atoms with Gasteiger partial charge in [-0.1, -0.05) is 19.1 Å². The van der Waals surface area contributed by atoms with E-state index in [1.807, 2.05) is 0 Å². The van der Waals surface area contributed by atoms with Crippen molar-refractivity contribution in [1.29, 1.82) is 0 Å². The standard InChI is InChI=1S/C21H25N3O4/c1-12(20(28)24-10-6-3-7-11-24)22-18(26)15-16-19(27)23-14-9-5-4-8-13(14)17(25)21(15,16)2/h4-5,8-9,12,15-16H,3,6-7,10-11H2,1-2H3,(H,22,26)(H,23,27)/t12-,15-,16+,21+/m0/s1. The Bertz CT molecular complexity index is 861. The van der Waals surface area contributed by atoms with Crippen molar-refractivity contribution in [3.8, 4) is 0 Å². The molecule has 7 nitrogen and oxygen atoms in total. The van der Waals surface area contributed by atoms with Gasteiger partial charge < -0.3 is 15.5 Å². The van der Waals surface area contributed by atoms with E-state index in [1.54, 1.807) is 43.0 Å². The fourth-order valence-electron chi connectivity index (χ4n) is 4.69. The van der Waals surface area contributed by atoms with Gasteiger partial charge in [-0.05, 0) is 38.3 Å². The first-order valence-electron chi connectivity index (χ1n) is 9.89. The van der Waals surface area contributed by atoms with Gasteiger partial charge in [-0.15, -0.1) is 0 Å². The number of anilines is 1. The summed E-state index contributed by atoms with van der Waals surface area (Å²) >= 11 is 0. The molecule has 3 aliphatic rings. The largest absolute Gasteiger partial charge is 0.344 e. The number of amides is 3. The van der Waals surface area contributed by atoms with Crippen LogP contribution in [0.4, 0.5) is 5.69 Å². The predicted molar refractivity (Wildman–Crippen MR) is 103 cm³/mol. The molecule has 4 rings (SSSR count). The van der Waals surface area contributed by atoms with Crippen LogP contribution in [-0.2, 0) is 14.4 Å². The number of hydrogen-bond donors (Lipinski definition) is 2. The van der Waals surface area contributed by atoms with E-state index in [4.69, 9.17) is 0 Å².